The smallest absolute Gasteiger partial charge is 0.306 e. The summed E-state index contributed by atoms with van der Waals surface area (Å²) in [6, 6.07) is 0. The van der Waals surface area contributed by atoms with Gasteiger partial charge in [-0.3, -0.25) is 4.79 Å². The van der Waals surface area contributed by atoms with E-state index in [2.05, 4.69) is 9.46 Å². The van der Waals surface area contributed by atoms with Crippen LogP contribution in [-0.4, -0.2) is 33.8 Å². The number of hydrogen-bond donors (Lipinski definition) is 1. The third kappa shape index (κ3) is 6.53. The first-order valence-corrected chi connectivity index (χ1v) is 5.71. The van der Waals surface area contributed by atoms with Crippen LogP contribution in [0.3, 0.4) is 0 Å². The first-order valence-electron chi connectivity index (χ1n) is 4.06. The maximum absolute atomic E-state index is 11.0. The second-order valence-electron chi connectivity index (χ2n) is 2.54. The topological polar surface area (TPSA) is 72.5 Å². The summed E-state index contributed by atoms with van der Waals surface area (Å²) in [7, 11) is -1.93. The molecule has 78 valence electrons. The average Bonchev–Trinajstić information content (AvgIpc) is 2.03. The Balaban J connectivity index is 3.70. The monoisotopic (exact) mass is 209 g/mol. The van der Waals surface area contributed by atoms with E-state index < -0.39 is 16.0 Å². The highest BCUT2D eigenvalue weighted by Gasteiger charge is 2.08. The van der Waals surface area contributed by atoms with Gasteiger partial charge in [0.1, 0.15) is 0 Å². The maximum Gasteiger partial charge on any atom is 0.306 e. The Bertz CT molecular complexity index is 247. The number of carbonyl (C=O) groups is 1. The molecular formula is C7H15NO4S. The number of rotatable bonds is 6. The normalized spacial score (nSPS) is 11.2. The zero-order valence-corrected chi connectivity index (χ0v) is 8.69. The minimum atomic E-state index is -3.19. The lowest BCUT2D eigenvalue weighted by atomic mass is 10.4. The van der Waals surface area contributed by atoms with E-state index in [1.54, 1.807) is 6.92 Å². The van der Waals surface area contributed by atoms with Crippen molar-refractivity contribution in [2.75, 3.05) is 19.4 Å². The van der Waals surface area contributed by atoms with Crippen LogP contribution in [0.2, 0.25) is 0 Å². The molecule has 0 heterocycles. The Hall–Kier alpha value is -0.620. The number of ether oxygens (including phenoxy) is 1. The molecule has 0 aromatic heterocycles. The molecule has 0 aliphatic heterocycles. The Labute approximate surface area is 78.5 Å². The van der Waals surface area contributed by atoms with Crippen molar-refractivity contribution in [1.29, 1.82) is 0 Å². The third-order valence-corrected chi connectivity index (χ3v) is 2.94. The van der Waals surface area contributed by atoms with Crippen molar-refractivity contribution in [1.82, 2.24) is 4.72 Å². The van der Waals surface area contributed by atoms with Crippen molar-refractivity contribution >= 4 is 16.0 Å². The molecule has 0 rings (SSSR count). The molecule has 0 saturated heterocycles. The van der Waals surface area contributed by atoms with Crippen LogP contribution in [-0.2, 0) is 19.6 Å². The van der Waals surface area contributed by atoms with E-state index in [0.29, 0.717) is 6.42 Å². The Kier molecular flexibility index (Phi) is 5.65. The molecule has 0 aliphatic rings. The SMILES string of the molecule is CCCS(=O)(=O)NCCC(=O)OC. The van der Waals surface area contributed by atoms with Gasteiger partial charge in [0.25, 0.3) is 0 Å². The quantitative estimate of drug-likeness (QED) is 0.619. The Morgan fingerprint density at radius 1 is 1.46 bits per heavy atom. The van der Waals surface area contributed by atoms with Crippen LogP contribution < -0.4 is 4.72 Å². The number of methoxy groups -OCH3 is 1. The zero-order chi connectivity index (χ0) is 10.3. The minimum absolute atomic E-state index is 0.0689. The Morgan fingerprint density at radius 2 is 2.08 bits per heavy atom. The van der Waals surface area contributed by atoms with Crippen LogP contribution in [0.25, 0.3) is 0 Å². The molecule has 0 bridgehead atoms. The van der Waals surface area contributed by atoms with Gasteiger partial charge in [-0.15, -0.1) is 0 Å². The lowest BCUT2D eigenvalue weighted by Crippen LogP contribution is -2.28. The van der Waals surface area contributed by atoms with Crippen LogP contribution in [0.15, 0.2) is 0 Å². The van der Waals surface area contributed by atoms with E-state index in [-0.39, 0.29) is 18.7 Å². The van der Waals surface area contributed by atoms with Gasteiger partial charge in [-0.25, -0.2) is 13.1 Å². The molecule has 0 unspecified atom stereocenters. The first kappa shape index (κ1) is 12.4. The summed E-state index contributed by atoms with van der Waals surface area (Å²) >= 11 is 0. The van der Waals surface area contributed by atoms with E-state index in [1.165, 1.54) is 7.11 Å². The van der Waals surface area contributed by atoms with Crippen molar-refractivity contribution in [3.63, 3.8) is 0 Å². The van der Waals surface area contributed by atoms with Gasteiger partial charge in [-0.2, -0.15) is 0 Å². The lowest BCUT2D eigenvalue weighted by molar-refractivity contribution is -0.140. The summed E-state index contributed by atoms with van der Waals surface area (Å²) in [5.41, 5.74) is 0. The summed E-state index contributed by atoms with van der Waals surface area (Å²) < 4.78 is 28.7. The van der Waals surface area contributed by atoms with Crippen molar-refractivity contribution in [2.45, 2.75) is 19.8 Å². The van der Waals surface area contributed by atoms with Gasteiger partial charge in [-0.05, 0) is 6.42 Å². The van der Waals surface area contributed by atoms with Crippen molar-refractivity contribution in [3.05, 3.63) is 0 Å². The molecule has 13 heavy (non-hydrogen) atoms. The van der Waals surface area contributed by atoms with Crippen LogP contribution in [0.1, 0.15) is 19.8 Å². The van der Waals surface area contributed by atoms with Gasteiger partial charge >= 0.3 is 5.97 Å². The zero-order valence-electron chi connectivity index (χ0n) is 7.87. The van der Waals surface area contributed by atoms with E-state index in [4.69, 9.17) is 0 Å². The summed E-state index contributed by atoms with van der Waals surface area (Å²) in [5.74, 6) is -0.326. The molecule has 0 atom stereocenters. The molecule has 0 amide bonds. The fourth-order valence-electron chi connectivity index (χ4n) is 0.752. The number of carbonyl (C=O) groups excluding carboxylic acids is 1. The lowest BCUT2D eigenvalue weighted by Gasteiger charge is -2.03. The second-order valence-corrected chi connectivity index (χ2v) is 4.47. The summed E-state index contributed by atoms with van der Waals surface area (Å²) in [6.45, 7) is 1.88. The van der Waals surface area contributed by atoms with Gasteiger partial charge in [0, 0.05) is 6.54 Å². The number of sulfonamides is 1. The molecular weight excluding hydrogens is 194 g/mol. The standard InChI is InChI=1S/C7H15NO4S/c1-3-6-13(10,11)8-5-4-7(9)12-2/h8H,3-6H2,1-2H3. The first-order chi connectivity index (χ1) is 6.02. The molecule has 0 aromatic rings. The molecule has 6 heteroatoms. The fourth-order valence-corrected chi connectivity index (χ4v) is 1.85. The summed E-state index contributed by atoms with van der Waals surface area (Å²) in [5, 5.41) is 0. The minimum Gasteiger partial charge on any atom is -0.469 e. The highest BCUT2D eigenvalue weighted by molar-refractivity contribution is 7.89. The van der Waals surface area contributed by atoms with Crippen LogP contribution >= 0.6 is 0 Å². The molecule has 0 fully saturated rings. The number of hydrogen-bond acceptors (Lipinski definition) is 4. The van der Waals surface area contributed by atoms with Gasteiger partial charge in [-0.1, -0.05) is 6.92 Å². The van der Waals surface area contributed by atoms with Crippen LogP contribution in [0, 0.1) is 0 Å². The summed E-state index contributed by atoms with van der Waals surface area (Å²) in [4.78, 5) is 10.6. The second kappa shape index (κ2) is 5.93. The van der Waals surface area contributed by atoms with Crippen molar-refractivity contribution < 1.29 is 17.9 Å². The molecule has 0 aliphatic carbocycles. The van der Waals surface area contributed by atoms with Gasteiger partial charge in [0.05, 0.1) is 19.3 Å². The van der Waals surface area contributed by atoms with Gasteiger partial charge in [0.2, 0.25) is 10.0 Å². The molecule has 0 aromatic carbocycles. The highest BCUT2D eigenvalue weighted by Crippen LogP contribution is 1.89. The van der Waals surface area contributed by atoms with E-state index in [1.807, 2.05) is 0 Å². The van der Waals surface area contributed by atoms with E-state index >= 15 is 0 Å². The third-order valence-electron chi connectivity index (χ3n) is 1.35. The molecule has 5 nitrogen and oxygen atoms in total. The molecule has 0 spiro atoms. The predicted molar refractivity (Wildman–Crippen MR) is 48.7 cm³/mol. The Morgan fingerprint density at radius 3 is 2.54 bits per heavy atom. The molecule has 1 N–H and O–H groups in total. The molecule has 0 radical (unpaired) electrons. The average molecular weight is 209 g/mol. The largest absolute Gasteiger partial charge is 0.469 e. The van der Waals surface area contributed by atoms with Gasteiger partial charge < -0.3 is 4.74 Å². The van der Waals surface area contributed by atoms with Crippen molar-refractivity contribution in [3.8, 4) is 0 Å². The summed E-state index contributed by atoms with van der Waals surface area (Å²) in [6.07, 6.45) is 0.632. The van der Waals surface area contributed by atoms with E-state index in [0.717, 1.165) is 0 Å². The fraction of sp³-hybridized carbons (Fsp3) is 0.857. The van der Waals surface area contributed by atoms with E-state index in [9.17, 15) is 13.2 Å². The highest BCUT2D eigenvalue weighted by atomic mass is 32.2. The predicted octanol–water partition coefficient (Wildman–Crippen LogP) is -0.121. The van der Waals surface area contributed by atoms with Crippen LogP contribution in [0.5, 0.6) is 0 Å². The number of esters is 1. The van der Waals surface area contributed by atoms with Gasteiger partial charge in [0.15, 0.2) is 0 Å². The van der Waals surface area contributed by atoms with Crippen LogP contribution in [0.4, 0.5) is 0 Å². The molecule has 0 saturated carbocycles. The van der Waals surface area contributed by atoms with Crippen molar-refractivity contribution in [2.24, 2.45) is 0 Å². The maximum atomic E-state index is 11.0. The number of nitrogens with one attached hydrogen (secondary N) is 1.